The second-order valence-corrected chi connectivity index (χ2v) is 5.61. The van der Waals surface area contributed by atoms with E-state index in [1.54, 1.807) is 0 Å². The van der Waals surface area contributed by atoms with E-state index in [0.717, 1.165) is 36.8 Å². The Morgan fingerprint density at radius 1 is 1.39 bits per heavy atom. The molecule has 3 nitrogen and oxygen atoms in total. The molecule has 0 spiro atoms. The van der Waals surface area contributed by atoms with E-state index in [-0.39, 0.29) is 0 Å². The summed E-state index contributed by atoms with van der Waals surface area (Å²) in [6.07, 6.45) is 0. The molecule has 1 atom stereocenters. The summed E-state index contributed by atoms with van der Waals surface area (Å²) in [5.41, 5.74) is 8.27. The van der Waals surface area contributed by atoms with E-state index in [1.165, 1.54) is 5.56 Å². The van der Waals surface area contributed by atoms with Gasteiger partial charge in [-0.2, -0.15) is 0 Å². The number of nitrogens with zero attached hydrogens (tertiary/aromatic N) is 2. The van der Waals surface area contributed by atoms with Crippen molar-refractivity contribution in [3.05, 3.63) is 34.3 Å². The van der Waals surface area contributed by atoms with Crippen LogP contribution < -0.4 is 5.73 Å². The van der Waals surface area contributed by atoms with Gasteiger partial charge < -0.3 is 10.6 Å². The average molecular weight is 268 g/mol. The van der Waals surface area contributed by atoms with Crippen LogP contribution in [0.5, 0.6) is 0 Å². The molecule has 1 aliphatic heterocycles. The van der Waals surface area contributed by atoms with Crippen molar-refractivity contribution in [2.24, 2.45) is 5.73 Å². The molecule has 1 aromatic carbocycles. The first-order chi connectivity index (χ1) is 8.60. The van der Waals surface area contributed by atoms with Gasteiger partial charge in [0.25, 0.3) is 0 Å². The number of likely N-dealkylation sites (N-methyl/N-ethyl adjacent to an activating group) is 1. The molecular formula is C14H22ClN3. The number of aryl methyl sites for hydroxylation is 1. The van der Waals surface area contributed by atoms with E-state index in [0.29, 0.717) is 12.6 Å². The summed E-state index contributed by atoms with van der Waals surface area (Å²) in [5, 5.41) is 0.853. The fourth-order valence-corrected chi connectivity index (χ4v) is 2.65. The second kappa shape index (κ2) is 6.02. The van der Waals surface area contributed by atoms with Crippen LogP contribution in [-0.4, -0.2) is 49.1 Å². The Balaban J connectivity index is 2.05. The number of piperazine rings is 1. The molecule has 0 radical (unpaired) electrons. The summed E-state index contributed by atoms with van der Waals surface area (Å²) in [7, 11) is 2.16. The van der Waals surface area contributed by atoms with Crippen LogP contribution in [0.25, 0.3) is 0 Å². The van der Waals surface area contributed by atoms with Gasteiger partial charge in [0.2, 0.25) is 0 Å². The molecule has 1 fully saturated rings. The number of benzene rings is 1. The minimum atomic E-state index is 0.448. The third-order valence-electron chi connectivity index (χ3n) is 3.70. The lowest BCUT2D eigenvalue weighted by Crippen LogP contribution is -2.54. The van der Waals surface area contributed by atoms with E-state index < -0.39 is 0 Å². The average Bonchev–Trinajstić information content (AvgIpc) is 2.36. The van der Waals surface area contributed by atoms with Crippen LogP contribution in [0, 0.1) is 6.92 Å². The molecule has 0 aromatic heterocycles. The molecule has 100 valence electrons. The molecular weight excluding hydrogens is 246 g/mol. The minimum absolute atomic E-state index is 0.448. The fourth-order valence-electron chi connectivity index (χ4n) is 2.45. The van der Waals surface area contributed by atoms with Gasteiger partial charge >= 0.3 is 0 Å². The standard InChI is InChI=1S/C14H22ClN3/c1-11-3-4-12(7-14(11)15)9-18-6-5-17(2)10-13(18)8-16/h3-4,7,13H,5-6,8-10,16H2,1-2H3. The molecule has 1 aliphatic rings. The van der Waals surface area contributed by atoms with Crippen molar-refractivity contribution in [3.8, 4) is 0 Å². The maximum Gasteiger partial charge on any atom is 0.0438 e. The van der Waals surface area contributed by atoms with Gasteiger partial charge in [0, 0.05) is 43.8 Å². The van der Waals surface area contributed by atoms with Gasteiger partial charge in [0.15, 0.2) is 0 Å². The molecule has 0 saturated carbocycles. The quantitative estimate of drug-likeness (QED) is 0.905. The minimum Gasteiger partial charge on any atom is -0.329 e. The largest absolute Gasteiger partial charge is 0.329 e. The number of halogens is 1. The highest BCUT2D eigenvalue weighted by Gasteiger charge is 2.23. The van der Waals surface area contributed by atoms with Gasteiger partial charge in [0.05, 0.1) is 0 Å². The number of rotatable bonds is 3. The second-order valence-electron chi connectivity index (χ2n) is 5.21. The van der Waals surface area contributed by atoms with Crippen LogP contribution in [-0.2, 0) is 6.54 Å². The van der Waals surface area contributed by atoms with E-state index in [9.17, 15) is 0 Å². The van der Waals surface area contributed by atoms with Crippen LogP contribution in [0.4, 0.5) is 0 Å². The van der Waals surface area contributed by atoms with Crippen molar-refractivity contribution in [3.63, 3.8) is 0 Å². The maximum atomic E-state index is 6.17. The first-order valence-corrected chi connectivity index (χ1v) is 6.85. The smallest absolute Gasteiger partial charge is 0.0438 e. The first-order valence-electron chi connectivity index (χ1n) is 6.48. The van der Waals surface area contributed by atoms with Crippen molar-refractivity contribution in [2.45, 2.75) is 19.5 Å². The lowest BCUT2D eigenvalue weighted by molar-refractivity contribution is 0.0881. The molecule has 4 heteroatoms. The summed E-state index contributed by atoms with van der Waals surface area (Å²) in [5.74, 6) is 0. The van der Waals surface area contributed by atoms with Gasteiger partial charge in [-0.3, -0.25) is 4.90 Å². The monoisotopic (exact) mass is 267 g/mol. The maximum absolute atomic E-state index is 6.17. The van der Waals surface area contributed by atoms with E-state index in [1.807, 2.05) is 6.92 Å². The number of nitrogens with two attached hydrogens (primary N) is 1. The molecule has 1 heterocycles. The Labute approximate surface area is 115 Å². The normalized spacial score (nSPS) is 22.3. The van der Waals surface area contributed by atoms with Crippen LogP contribution in [0.1, 0.15) is 11.1 Å². The lowest BCUT2D eigenvalue weighted by atomic mass is 10.1. The molecule has 0 aliphatic carbocycles. The third kappa shape index (κ3) is 3.23. The van der Waals surface area contributed by atoms with E-state index in [2.05, 4.69) is 35.0 Å². The van der Waals surface area contributed by atoms with Crippen molar-refractivity contribution in [2.75, 3.05) is 33.2 Å². The Hall–Kier alpha value is -0.610. The van der Waals surface area contributed by atoms with Gasteiger partial charge in [-0.25, -0.2) is 0 Å². The molecule has 0 bridgehead atoms. The van der Waals surface area contributed by atoms with Crippen molar-refractivity contribution in [1.82, 2.24) is 9.80 Å². The summed E-state index contributed by atoms with van der Waals surface area (Å²) < 4.78 is 0. The molecule has 2 rings (SSSR count). The SMILES string of the molecule is Cc1ccc(CN2CCN(C)CC2CN)cc1Cl. The lowest BCUT2D eigenvalue weighted by Gasteiger charge is -2.39. The summed E-state index contributed by atoms with van der Waals surface area (Å²) in [6.45, 7) is 6.92. The zero-order valence-corrected chi connectivity index (χ0v) is 12.0. The van der Waals surface area contributed by atoms with Gasteiger partial charge in [0.1, 0.15) is 0 Å². The summed E-state index contributed by atoms with van der Waals surface area (Å²) >= 11 is 6.17. The Kier molecular flexibility index (Phi) is 4.62. The van der Waals surface area contributed by atoms with E-state index >= 15 is 0 Å². The van der Waals surface area contributed by atoms with Gasteiger partial charge in [-0.15, -0.1) is 0 Å². The molecule has 0 amide bonds. The van der Waals surface area contributed by atoms with Crippen molar-refractivity contribution < 1.29 is 0 Å². The molecule has 1 aromatic rings. The zero-order valence-electron chi connectivity index (χ0n) is 11.2. The van der Waals surface area contributed by atoms with Crippen molar-refractivity contribution >= 4 is 11.6 Å². The number of hydrogen-bond acceptors (Lipinski definition) is 3. The van der Waals surface area contributed by atoms with Crippen LogP contribution >= 0.6 is 11.6 Å². The predicted molar refractivity (Wildman–Crippen MR) is 76.9 cm³/mol. The third-order valence-corrected chi connectivity index (χ3v) is 4.11. The topological polar surface area (TPSA) is 32.5 Å². The zero-order chi connectivity index (χ0) is 13.1. The number of hydrogen-bond donors (Lipinski definition) is 1. The van der Waals surface area contributed by atoms with Crippen LogP contribution in [0.2, 0.25) is 5.02 Å². The predicted octanol–water partition coefficient (Wildman–Crippen LogP) is 1.72. The molecule has 1 saturated heterocycles. The molecule has 18 heavy (non-hydrogen) atoms. The van der Waals surface area contributed by atoms with Gasteiger partial charge in [-0.1, -0.05) is 23.7 Å². The first kappa shape index (κ1) is 13.8. The highest BCUT2D eigenvalue weighted by atomic mass is 35.5. The molecule has 2 N–H and O–H groups in total. The highest BCUT2D eigenvalue weighted by molar-refractivity contribution is 6.31. The fraction of sp³-hybridized carbons (Fsp3) is 0.571. The van der Waals surface area contributed by atoms with Crippen LogP contribution in [0.3, 0.4) is 0 Å². The van der Waals surface area contributed by atoms with Crippen LogP contribution in [0.15, 0.2) is 18.2 Å². The summed E-state index contributed by atoms with van der Waals surface area (Å²) in [4.78, 5) is 4.80. The highest BCUT2D eigenvalue weighted by Crippen LogP contribution is 2.19. The van der Waals surface area contributed by atoms with Gasteiger partial charge in [-0.05, 0) is 31.2 Å². The Bertz CT molecular complexity index is 408. The molecule has 1 unspecified atom stereocenters. The summed E-state index contributed by atoms with van der Waals surface area (Å²) in [6, 6.07) is 6.77. The Morgan fingerprint density at radius 3 is 2.83 bits per heavy atom. The Morgan fingerprint density at radius 2 is 2.17 bits per heavy atom. The van der Waals surface area contributed by atoms with Crippen molar-refractivity contribution in [1.29, 1.82) is 0 Å². The van der Waals surface area contributed by atoms with E-state index in [4.69, 9.17) is 17.3 Å².